The summed E-state index contributed by atoms with van der Waals surface area (Å²) in [6.45, 7) is 11.5. The van der Waals surface area contributed by atoms with Gasteiger partial charge in [-0.2, -0.15) is 0 Å². The molecular weight excluding hydrogens is 227 g/mol. The molecule has 0 bridgehead atoms. The second kappa shape index (κ2) is 7.34. The highest BCUT2D eigenvalue weighted by molar-refractivity contribution is 6.28. The number of halogens is 2. The van der Waals surface area contributed by atoms with Crippen LogP contribution >= 0.6 is 11.6 Å². The zero-order chi connectivity index (χ0) is 12.7. The average Bonchev–Trinajstić information content (AvgIpc) is 2.22. The summed E-state index contributed by atoms with van der Waals surface area (Å²) in [5, 5.41) is 6.07. The van der Waals surface area contributed by atoms with E-state index in [1.807, 2.05) is 20.8 Å². The lowest BCUT2D eigenvalue weighted by molar-refractivity contribution is 0.591. The molecule has 0 aromatic carbocycles. The normalized spacial score (nSPS) is 13.6. The Hall–Kier alpha value is -0.960. The summed E-state index contributed by atoms with van der Waals surface area (Å²) in [5.41, 5.74) is 1.49. The van der Waals surface area contributed by atoms with Crippen molar-refractivity contribution in [3.05, 3.63) is 34.9 Å². The molecule has 0 amide bonds. The summed E-state index contributed by atoms with van der Waals surface area (Å²) >= 11 is 5.55. The second-order valence-corrected chi connectivity index (χ2v) is 4.24. The molecule has 0 saturated carbocycles. The third-order valence-corrected chi connectivity index (χ3v) is 2.43. The van der Waals surface area contributed by atoms with Gasteiger partial charge in [0.05, 0.1) is 17.5 Å². The molecule has 0 fully saturated rings. The van der Waals surface area contributed by atoms with Crippen LogP contribution in [0, 0.1) is 5.92 Å². The van der Waals surface area contributed by atoms with E-state index >= 15 is 0 Å². The minimum Gasteiger partial charge on any atom is -0.366 e. The Labute approximate surface area is 102 Å². The van der Waals surface area contributed by atoms with Crippen molar-refractivity contribution in [1.29, 1.82) is 0 Å². The van der Waals surface area contributed by atoms with Crippen LogP contribution in [0.25, 0.3) is 0 Å². The molecule has 2 nitrogen and oxygen atoms in total. The van der Waals surface area contributed by atoms with Crippen molar-refractivity contribution in [1.82, 2.24) is 10.6 Å². The summed E-state index contributed by atoms with van der Waals surface area (Å²) in [5.74, 6) is 0.0283. The third-order valence-electron chi connectivity index (χ3n) is 2.30. The van der Waals surface area contributed by atoms with Crippen LogP contribution < -0.4 is 10.6 Å². The fourth-order valence-electron chi connectivity index (χ4n) is 1.07. The van der Waals surface area contributed by atoms with Gasteiger partial charge in [0, 0.05) is 0 Å². The van der Waals surface area contributed by atoms with Crippen molar-refractivity contribution in [3.63, 3.8) is 0 Å². The van der Waals surface area contributed by atoms with Crippen molar-refractivity contribution in [2.45, 2.75) is 27.7 Å². The molecule has 0 heterocycles. The first-order valence-electron chi connectivity index (χ1n) is 5.25. The van der Waals surface area contributed by atoms with E-state index in [-0.39, 0.29) is 11.7 Å². The zero-order valence-corrected chi connectivity index (χ0v) is 11.1. The first-order chi connectivity index (χ1) is 7.40. The lowest BCUT2D eigenvalue weighted by Crippen LogP contribution is -2.28. The van der Waals surface area contributed by atoms with Crippen LogP contribution in [-0.4, -0.2) is 6.67 Å². The fraction of sp³-hybridized carbons (Fsp3) is 0.500. The van der Waals surface area contributed by atoms with Gasteiger partial charge in [-0.3, -0.25) is 0 Å². The van der Waals surface area contributed by atoms with Gasteiger partial charge in [-0.15, -0.1) is 0 Å². The fourth-order valence-corrected chi connectivity index (χ4v) is 1.14. The summed E-state index contributed by atoms with van der Waals surface area (Å²) in [4.78, 5) is 0. The topological polar surface area (TPSA) is 24.1 Å². The maximum atomic E-state index is 13.6. The maximum Gasteiger partial charge on any atom is 0.142 e. The monoisotopic (exact) mass is 246 g/mol. The smallest absolute Gasteiger partial charge is 0.142 e. The van der Waals surface area contributed by atoms with Gasteiger partial charge >= 0.3 is 0 Å². The first kappa shape index (κ1) is 15.0. The number of hydrogen-bond donors (Lipinski definition) is 2. The van der Waals surface area contributed by atoms with E-state index in [0.717, 1.165) is 5.57 Å². The van der Waals surface area contributed by atoms with Gasteiger partial charge < -0.3 is 10.6 Å². The molecule has 0 aromatic rings. The highest BCUT2D eigenvalue weighted by Crippen LogP contribution is 2.19. The molecule has 0 aliphatic rings. The van der Waals surface area contributed by atoms with E-state index in [1.165, 1.54) is 6.08 Å². The predicted octanol–water partition coefficient (Wildman–Crippen LogP) is 3.64. The minimum atomic E-state index is -0.256. The van der Waals surface area contributed by atoms with Crippen molar-refractivity contribution < 1.29 is 4.39 Å². The summed E-state index contributed by atoms with van der Waals surface area (Å²) in [6, 6.07) is 0. The molecule has 0 aliphatic carbocycles. The van der Waals surface area contributed by atoms with Gasteiger partial charge in [0.1, 0.15) is 5.83 Å². The van der Waals surface area contributed by atoms with Crippen molar-refractivity contribution in [2.24, 2.45) is 5.92 Å². The number of allylic oxidation sites excluding steroid dienone is 3. The van der Waals surface area contributed by atoms with E-state index in [0.29, 0.717) is 17.5 Å². The number of rotatable bonds is 6. The van der Waals surface area contributed by atoms with Gasteiger partial charge in [0.25, 0.3) is 0 Å². The molecule has 0 aromatic heterocycles. The van der Waals surface area contributed by atoms with Gasteiger partial charge in [0.15, 0.2) is 0 Å². The van der Waals surface area contributed by atoms with Crippen LogP contribution in [0.5, 0.6) is 0 Å². The van der Waals surface area contributed by atoms with Crippen LogP contribution in [0.3, 0.4) is 0 Å². The molecule has 2 N–H and O–H groups in total. The van der Waals surface area contributed by atoms with Crippen LogP contribution in [0.15, 0.2) is 34.9 Å². The molecule has 0 unspecified atom stereocenters. The molecule has 92 valence electrons. The molecule has 0 rings (SSSR count). The van der Waals surface area contributed by atoms with Crippen molar-refractivity contribution in [3.8, 4) is 0 Å². The number of nitrogens with one attached hydrogen (secondary N) is 2. The van der Waals surface area contributed by atoms with Crippen LogP contribution in [-0.2, 0) is 0 Å². The van der Waals surface area contributed by atoms with Crippen LogP contribution in [0.4, 0.5) is 4.39 Å². The summed E-state index contributed by atoms with van der Waals surface area (Å²) in [6.07, 6.45) is 1.43. The molecule has 16 heavy (non-hydrogen) atoms. The molecule has 0 aliphatic heterocycles. The average molecular weight is 247 g/mol. The maximum absolute atomic E-state index is 13.6. The number of hydrogen-bond acceptors (Lipinski definition) is 2. The third kappa shape index (κ3) is 5.21. The lowest BCUT2D eigenvalue weighted by atomic mass is 10.0. The largest absolute Gasteiger partial charge is 0.366 e. The van der Waals surface area contributed by atoms with Gasteiger partial charge in [-0.05, 0) is 31.4 Å². The molecule has 4 heteroatoms. The second-order valence-electron chi connectivity index (χ2n) is 3.78. The van der Waals surface area contributed by atoms with Gasteiger partial charge in [-0.1, -0.05) is 32.0 Å². The quantitative estimate of drug-likeness (QED) is 0.425. The van der Waals surface area contributed by atoms with E-state index in [1.54, 1.807) is 6.92 Å². The molecule has 0 spiro atoms. The molecule has 0 saturated heterocycles. The Balaban J connectivity index is 4.71. The Morgan fingerprint density at radius 2 is 2.00 bits per heavy atom. The highest BCUT2D eigenvalue weighted by Gasteiger charge is 2.10. The highest BCUT2D eigenvalue weighted by atomic mass is 35.5. The Bertz CT molecular complexity index is 306. The van der Waals surface area contributed by atoms with E-state index in [2.05, 4.69) is 17.2 Å². The first-order valence-corrected chi connectivity index (χ1v) is 5.63. The van der Waals surface area contributed by atoms with Crippen molar-refractivity contribution >= 4 is 11.6 Å². The van der Waals surface area contributed by atoms with E-state index in [9.17, 15) is 4.39 Å². The predicted molar refractivity (Wildman–Crippen MR) is 68.5 cm³/mol. The minimum absolute atomic E-state index is 0.256. The summed E-state index contributed by atoms with van der Waals surface area (Å²) in [7, 11) is 0. The van der Waals surface area contributed by atoms with Gasteiger partial charge in [0.2, 0.25) is 0 Å². The van der Waals surface area contributed by atoms with Crippen LogP contribution in [0.2, 0.25) is 0 Å². The molecular formula is C12H20ClFN2. The Morgan fingerprint density at radius 1 is 1.44 bits per heavy atom. The summed E-state index contributed by atoms with van der Waals surface area (Å²) < 4.78 is 13.6. The standard InChI is InChI=1S/C12H20ClFN2/c1-6-11(14)12(9(4)8(2)3)16-7-15-10(5)13/h6,8,15-16H,5,7H2,1-4H3/b11-6+,12-9+. The molecule has 0 atom stereocenters. The zero-order valence-electron chi connectivity index (χ0n) is 10.3. The van der Waals surface area contributed by atoms with Crippen LogP contribution in [0.1, 0.15) is 27.7 Å². The Morgan fingerprint density at radius 3 is 2.38 bits per heavy atom. The SMILES string of the molecule is C=C(Cl)NCNC(/C(F)=C\C)=C(\C)C(C)C. The lowest BCUT2D eigenvalue weighted by Gasteiger charge is -2.16. The Kier molecular flexibility index (Phi) is 6.90. The molecule has 0 radical (unpaired) electrons. The van der Waals surface area contributed by atoms with Gasteiger partial charge in [-0.25, -0.2) is 4.39 Å². The van der Waals surface area contributed by atoms with E-state index < -0.39 is 0 Å². The van der Waals surface area contributed by atoms with Crippen molar-refractivity contribution in [2.75, 3.05) is 6.67 Å². The van der Waals surface area contributed by atoms with E-state index in [4.69, 9.17) is 11.6 Å².